The maximum atomic E-state index is 12.6. The van der Waals surface area contributed by atoms with Crippen molar-refractivity contribution in [1.29, 1.82) is 0 Å². The van der Waals surface area contributed by atoms with Crippen LogP contribution in [0, 0.1) is 17.8 Å². The second-order valence-corrected chi connectivity index (χ2v) is 17.1. The lowest BCUT2D eigenvalue weighted by molar-refractivity contribution is -0.366. The summed E-state index contributed by atoms with van der Waals surface area (Å²) in [5.74, 6) is -4.16. The van der Waals surface area contributed by atoms with Crippen LogP contribution in [-0.2, 0) is 42.8 Å². The number of allylic oxidation sites excluding steroid dienone is 1. The molecule has 19 atom stereocenters. The molecule has 12 N–H and O–H groups in total. The molecule has 3 aliphatic heterocycles. The van der Waals surface area contributed by atoms with Gasteiger partial charge in [0.2, 0.25) is 0 Å². The zero-order chi connectivity index (χ0) is 43.4. The van der Waals surface area contributed by atoms with Gasteiger partial charge in [-0.3, -0.25) is 9.59 Å². The first kappa shape index (κ1) is 47.0. The van der Waals surface area contributed by atoms with E-state index in [0.29, 0.717) is 38.5 Å². The molecule has 6 aliphatic rings. The molecule has 3 saturated carbocycles. The topological polar surface area (TPSA) is 342 Å². The molecular weight excluding hydrogens is 804 g/mol. The summed E-state index contributed by atoms with van der Waals surface area (Å²) in [6, 6.07) is 0. The molecular formula is C39H61O21+. The van der Waals surface area contributed by atoms with Crippen LogP contribution in [0.4, 0.5) is 0 Å². The van der Waals surface area contributed by atoms with Gasteiger partial charge in [0.1, 0.15) is 74.6 Å². The van der Waals surface area contributed by atoms with E-state index in [1.165, 1.54) is 6.08 Å². The number of fused-ring (bicyclic) bond motifs is 1. The number of aliphatic hydroxyl groups is 12. The number of carboxylic acid groups (broad SMARTS) is 1. The lowest BCUT2D eigenvalue weighted by Gasteiger charge is -2.50. The Hall–Kier alpha value is -2.45. The first-order valence-corrected chi connectivity index (χ1v) is 20.8. The van der Waals surface area contributed by atoms with Crippen molar-refractivity contribution >= 4 is 17.9 Å². The lowest BCUT2D eigenvalue weighted by atomic mass is 9.73. The van der Waals surface area contributed by atoms with Gasteiger partial charge in [-0.05, 0) is 57.3 Å². The van der Waals surface area contributed by atoms with Crippen LogP contribution in [0.5, 0.6) is 0 Å². The number of carbonyl (C=O) groups is 3. The largest absolute Gasteiger partial charge is 0.481 e. The molecule has 0 spiro atoms. The van der Waals surface area contributed by atoms with Gasteiger partial charge in [0.15, 0.2) is 24.8 Å². The first-order chi connectivity index (χ1) is 28.5. The maximum Gasteiger partial charge on any atom is 0.330 e. The van der Waals surface area contributed by atoms with Gasteiger partial charge in [-0.1, -0.05) is 6.08 Å². The van der Waals surface area contributed by atoms with E-state index >= 15 is 0 Å². The van der Waals surface area contributed by atoms with Crippen LogP contribution in [0.15, 0.2) is 12.2 Å². The Morgan fingerprint density at radius 3 is 1.82 bits per heavy atom. The molecule has 21 heteroatoms. The van der Waals surface area contributed by atoms with Gasteiger partial charge in [0.25, 0.3) is 0 Å². The summed E-state index contributed by atoms with van der Waals surface area (Å²) >= 11 is 0. The van der Waals surface area contributed by atoms with Crippen molar-refractivity contribution in [2.45, 2.75) is 181 Å². The zero-order valence-electron chi connectivity index (χ0n) is 33.0. The monoisotopic (exact) mass is 865 g/mol. The van der Waals surface area contributed by atoms with Gasteiger partial charge in [-0.2, -0.15) is 0 Å². The number of carbonyl (C=O) groups excluding carboxylic acids is 2. The van der Waals surface area contributed by atoms with E-state index in [0.717, 1.165) is 0 Å². The number of hydrogen-bond acceptors (Lipinski definition) is 19. The second-order valence-electron chi connectivity index (χ2n) is 17.1. The van der Waals surface area contributed by atoms with E-state index in [1.54, 1.807) is 6.08 Å². The molecule has 0 amide bonds. The number of rotatable bonds is 13. The van der Waals surface area contributed by atoms with Crippen molar-refractivity contribution in [3.05, 3.63) is 12.2 Å². The minimum absolute atomic E-state index is 0.0197. The predicted octanol–water partition coefficient (Wildman–Crippen LogP) is -4.00. The fourth-order valence-corrected chi connectivity index (χ4v) is 9.40. The SMILES string of the molecule is O=C(O)CC(=O)OC[C@@H]1O[C@H](OC2CC(O)CC3[OH+]C(C4CCC(O)CC4)C(O[C@H]4O[C@@H](COC(=O)C=CC5CCC(O)C(O)C5)[C@H](O)[C@H](O)[C@@H]4O)CC23)[C@@H](O)[C@@H](O)[C@H]1O. The number of ether oxygens (including phenoxy) is 7. The Kier molecular flexibility index (Phi) is 16.3. The van der Waals surface area contributed by atoms with Crippen LogP contribution >= 0.6 is 0 Å². The zero-order valence-corrected chi connectivity index (χ0v) is 33.0. The Morgan fingerprint density at radius 1 is 0.617 bits per heavy atom. The highest BCUT2D eigenvalue weighted by Gasteiger charge is 2.56. The molecule has 60 heavy (non-hydrogen) atoms. The summed E-state index contributed by atoms with van der Waals surface area (Å²) in [6.07, 6.45) is -16.9. The summed E-state index contributed by atoms with van der Waals surface area (Å²) in [7, 11) is 0. The van der Waals surface area contributed by atoms with E-state index < -0.39 is 154 Å². The highest BCUT2D eigenvalue weighted by atomic mass is 16.7. The lowest BCUT2D eigenvalue weighted by Crippen LogP contribution is -2.64. The molecule has 9 unspecified atom stereocenters. The summed E-state index contributed by atoms with van der Waals surface area (Å²) in [5.41, 5.74) is 0. The Morgan fingerprint density at radius 2 is 1.22 bits per heavy atom. The molecule has 3 saturated heterocycles. The van der Waals surface area contributed by atoms with Gasteiger partial charge < -0.3 is 89.3 Å². The summed E-state index contributed by atoms with van der Waals surface area (Å²) in [4.78, 5) is 35.4. The molecule has 342 valence electrons. The Bertz CT molecular complexity index is 1460. The number of hydrogen-bond donors (Lipinski definition) is 11. The van der Waals surface area contributed by atoms with E-state index in [2.05, 4.69) is 0 Å². The third-order valence-corrected chi connectivity index (χ3v) is 12.8. The van der Waals surface area contributed by atoms with Crippen molar-refractivity contribution < 1.29 is 104 Å². The molecule has 0 radical (unpaired) electrons. The molecule has 3 aliphatic carbocycles. The highest BCUT2D eigenvalue weighted by molar-refractivity contribution is 5.90. The van der Waals surface area contributed by atoms with E-state index in [1.807, 2.05) is 0 Å². The minimum atomic E-state index is -1.83. The van der Waals surface area contributed by atoms with Gasteiger partial charge in [0.05, 0.1) is 36.4 Å². The van der Waals surface area contributed by atoms with Crippen LogP contribution in [0.3, 0.4) is 0 Å². The second kappa shape index (κ2) is 20.8. The normalized spacial score (nSPS) is 46.3. The summed E-state index contributed by atoms with van der Waals surface area (Å²) in [5, 5.41) is 115. The van der Waals surface area contributed by atoms with Crippen LogP contribution in [0.2, 0.25) is 0 Å². The number of esters is 2. The van der Waals surface area contributed by atoms with E-state index in [9.17, 15) is 65.4 Å². The number of aliphatic carboxylic acids is 1. The summed E-state index contributed by atoms with van der Waals surface area (Å²) in [6.45, 7) is -1.20. The fourth-order valence-electron chi connectivity index (χ4n) is 9.40. The van der Waals surface area contributed by atoms with Crippen molar-refractivity contribution in [1.82, 2.24) is 0 Å². The van der Waals surface area contributed by atoms with Crippen LogP contribution in [-0.4, -0.2) is 202 Å². The average Bonchev–Trinajstić information content (AvgIpc) is 3.20. The third-order valence-electron chi connectivity index (χ3n) is 12.8. The van der Waals surface area contributed by atoms with E-state index in [-0.39, 0.29) is 37.5 Å². The van der Waals surface area contributed by atoms with Crippen molar-refractivity contribution in [3.63, 3.8) is 0 Å². The molecule has 6 fully saturated rings. The third kappa shape index (κ3) is 11.6. The van der Waals surface area contributed by atoms with Gasteiger partial charge in [0, 0.05) is 24.8 Å². The fraction of sp³-hybridized carbons (Fsp3) is 0.872. The standard InChI is InChI=1S/C39H60O21/c40-18-5-3-17(4-6-18)37-25(58-39-36(53)34(51)31(48)26(60-39)14-54-29(46)8-2-16-1-7-21(42)22(43)9-16)12-20-23(56-37)10-19(41)11-24(20)57-38-35(52)33(50)32(49)27(59-38)15-55-30(47)13-28(44)45/h2,8,16-27,31-43,48-53H,1,3-7,9-15H2,(H,44,45)/p+1/t16?,17?,18?,19?,20?,21?,22?,23?,24?,25?,26-,27-,31-,32-,33-,34-,35-,36-,37?,38-,39-/m0/s1. The van der Waals surface area contributed by atoms with Crippen molar-refractivity contribution in [2.75, 3.05) is 13.2 Å². The van der Waals surface area contributed by atoms with Crippen LogP contribution in [0.25, 0.3) is 0 Å². The van der Waals surface area contributed by atoms with Gasteiger partial charge in [-0.15, -0.1) is 0 Å². The van der Waals surface area contributed by atoms with Gasteiger partial charge in [-0.25, -0.2) is 4.79 Å². The minimum Gasteiger partial charge on any atom is -0.481 e. The molecule has 3 heterocycles. The Balaban J connectivity index is 1.15. The predicted molar refractivity (Wildman–Crippen MR) is 197 cm³/mol. The average molecular weight is 866 g/mol. The molecule has 6 rings (SSSR count). The molecule has 0 aromatic carbocycles. The molecule has 0 aromatic rings. The molecule has 21 nitrogen and oxygen atoms in total. The van der Waals surface area contributed by atoms with Crippen molar-refractivity contribution in [2.24, 2.45) is 17.8 Å². The van der Waals surface area contributed by atoms with Crippen LogP contribution < -0.4 is 0 Å². The maximum absolute atomic E-state index is 12.6. The number of carboxylic acids is 1. The Labute approximate surface area is 345 Å². The summed E-state index contributed by atoms with van der Waals surface area (Å²) < 4.78 is 39.7. The van der Waals surface area contributed by atoms with Crippen molar-refractivity contribution in [3.8, 4) is 0 Å². The molecule has 0 bridgehead atoms. The van der Waals surface area contributed by atoms with Gasteiger partial charge >= 0.3 is 17.9 Å². The first-order valence-electron chi connectivity index (χ1n) is 20.8. The molecule has 0 aromatic heterocycles. The quantitative estimate of drug-likeness (QED) is 0.0364. The highest BCUT2D eigenvalue weighted by Crippen LogP contribution is 2.44. The van der Waals surface area contributed by atoms with E-state index in [4.69, 9.17) is 38.3 Å². The number of aliphatic hydroxyl groups excluding tert-OH is 10. The smallest absolute Gasteiger partial charge is 0.330 e. The van der Waals surface area contributed by atoms with Crippen LogP contribution in [0.1, 0.15) is 70.6 Å².